The summed E-state index contributed by atoms with van der Waals surface area (Å²) in [6.45, 7) is 2.11. The molecule has 1 atom stereocenters. The molecular formula is C20H20N2O2. The maximum Gasteiger partial charge on any atom is 0.239 e. The summed E-state index contributed by atoms with van der Waals surface area (Å²) in [5.41, 5.74) is 3.24. The Morgan fingerprint density at radius 1 is 0.958 bits per heavy atom. The maximum absolute atomic E-state index is 12.0. The second-order valence-electron chi connectivity index (χ2n) is 5.60. The summed E-state index contributed by atoms with van der Waals surface area (Å²) < 4.78 is 5.28. The van der Waals surface area contributed by atoms with E-state index in [4.69, 9.17) is 4.42 Å². The molecule has 1 unspecified atom stereocenters. The molecule has 122 valence electrons. The van der Waals surface area contributed by atoms with Gasteiger partial charge in [-0.1, -0.05) is 42.5 Å². The lowest BCUT2D eigenvalue weighted by molar-refractivity contribution is -0.120. The van der Waals surface area contributed by atoms with Gasteiger partial charge in [0.1, 0.15) is 5.76 Å². The fourth-order valence-corrected chi connectivity index (χ4v) is 2.49. The zero-order chi connectivity index (χ0) is 16.8. The van der Waals surface area contributed by atoms with Crippen molar-refractivity contribution in [1.82, 2.24) is 5.32 Å². The molecule has 2 N–H and O–H groups in total. The molecular weight excluding hydrogens is 300 g/mol. The van der Waals surface area contributed by atoms with Gasteiger partial charge in [-0.25, -0.2) is 0 Å². The molecule has 2 aromatic carbocycles. The van der Waals surface area contributed by atoms with Crippen LogP contribution in [0.2, 0.25) is 0 Å². The largest absolute Gasteiger partial charge is 0.467 e. The molecule has 0 saturated heterocycles. The van der Waals surface area contributed by atoms with Crippen molar-refractivity contribution in [1.29, 1.82) is 0 Å². The number of anilines is 1. The molecule has 1 amide bonds. The number of amides is 1. The summed E-state index contributed by atoms with van der Waals surface area (Å²) in [5.74, 6) is 0.668. The van der Waals surface area contributed by atoms with Crippen molar-refractivity contribution in [3.8, 4) is 11.1 Å². The third kappa shape index (κ3) is 4.04. The number of carbonyl (C=O) groups is 1. The highest BCUT2D eigenvalue weighted by Gasteiger charge is 2.11. The van der Waals surface area contributed by atoms with E-state index in [2.05, 4.69) is 22.8 Å². The van der Waals surface area contributed by atoms with Crippen molar-refractivity contribution >= 4 is 11.6 Å². The molecule has 4 nitrogen and oxygen atoms in total. The summed E-state index contributed by atoms with van der Waals surface area (Å²) in [5, 5.41) is 6.03. The Balaban J connectivity index is 1.52. The van der Waals surface area contributed by atoms with Crippen LogP contribution in [0.5, 0.6) is 0 Å². The Kier molecular flexibility index (Phi) is 4.96. The lowest BCUT2D eigenvalue weighted by Gasteiger charge is -2.12. The summed E-state index contributed by atoms with van der Waals surface area (Å²) in [6, 6.07) is 21.7. The predicted molar refractivity (Wildman–Crippen MR) is 95.6 cm³/mol. The summed E-state index contributed by atoms with van der Waals surface area (Å²) >= 11 is 0. The number of nitrogens with one attached hydrogen (secondary N) is 2. The van der Waals surface area contributed by atoms with Gasteiger partial charge in [0.2, 0.25) is 5.91 Å². The molecule has 3 rings (SSSR count). The molecule has 0 bridgehead atoms. The average molecular weight is 320 g/mol. The quantitative estimate of drug-likeness (QED) is 0.714. The zero-order valence-electron chi connectivity index (χ0n) is 13.5. The highest BCUT2D eigenvalue weighted by Crippen LogP contribution is 2.20. The molecule has 0 fully saturated rings. The van der Waals surface area contributed by atoms with Gasteiger partial charge < -0.3 is 15.1 Å². The maximum atomic E-state index is 12.0. The lowest BCUT2D eigenvalue weighted by atomic mass is 10.1. The molecule has 4 heteroatoms. The van der Waals surface area contributed by atoms with Gasteiger partial charge >= 0.3 is 0 Å². The topological polar surface area (TPSA) is 54.3 Å². The van der Waals surface area contributed by atoms with Crippen LogP contribution in [-0.4, -0.2) is 12.5 Å². The molecule has 1 aromatic heterocycles. The van der Waals surface area contributed by atoms with Gasteiger partial charge in [-0.3, -0.25) is 4.79 Å². The first-order chi connectivity index (χ1) is 11.7. The van der Waals surface area contributed by atoms with Crippen molar-refractivity contribution in [2.24, 2.45) is 0 Å². The van der Waals surface area contributed by atoms with Crippen LogP contribution in [0.25, 0.3) is 11.1 Å². The molecule has 3 aromatic rings. The molecule has 0 aliphatic heterocycles. The Hall–Kier alpha value is -3.01. The SMILES string of the molecule is CC(NC(=O)CNc1ccc(-c2ccccc2)cc1)c1ccco1. The van der Waals surface area contributed by atoms with E-state index < -0.39 is 0 Å². The minimum absolute atomic E-state index is 0.0777. The van der Waals surface area contributed by atoms with Crippen LogP contribution in [0.1, 0.15) is 18.7 Å². The van der Waals surface area contributed by atoms with E-state index in [0.29, 0.717) is 0 Å². The number of rotatable bonds is 6. The van der Waals surface area contributed by atoms with Crippen LogP contribution in [0, 0.1) is 0 Å². The van der Waals surface area contributed by atoms with Gasteiger partial charge in [-0.2, -0.15) is 0 Å². The van der Waals surface area contributed by atoms with E-state index in [-0.39, 0.29) is 18.5 Å². The number of benzene rings is 2. The van der Waals surface area contributed by atoms with E-state index in [1.54, 1.807) is 6.26 Å². The van der Waals surface area contributed by atoms with Crippen LogP contribution in [-0.2, 0) is 4.79 Å². The number of hydrogen-bond donors (Lipinski definition) is 2. The van der Waals surface area contributed by atoms with Gasteiger partial charge in [0.25, 0.3) is 0 Å². The normalized spacial score (nSPS) is 11.7. The minimum Gasteiger partial charge on any atom is -0.467 e. The van der Waals surface area contributed by atoms with Crippen molar-refractivity contribution < 1.29 is 9.21 Å². The Labute approximate surface area is 141 Å². The fraction of sp³-hybridized carbons (Fsp3) is 0.150. The Bertz CT molecular complexity index is 765. The Morgan fingerprint density at radius 2 is 1.67 bits per heavy atom. The van der Waals surface area contributed by atoms with Gasteiger partial charge in [0.05, 0.1) is 18.8 Å². The van der Waals surface area contributed by atoms with Crippen LogP contribution < -0.4 is 10.6 Å². The van der Waals surface area contributed by atoms with Crippen molar-refractivity contribution in [2.75, 3.05) is 11.9 Å². The molecule has 24 heavy (non-hydrogen) atoms. The Morgan fingerprint density at radius 3 is 2.33 bits per heavy atom. The second-order valence-corrected chi connectivity index (χ2v) is 5.60. The van der Waals surface area contributed by atoms with E-state index in [1.807, 2.05) is 61.5 Å². The molecule has 1 heterocycles. The molecule has 0 aliphatic carbocycles. The third-order valence-electron chi connectivity index (χ3n) is 3.79. The molecule has 0 saturated carbocycles. The molecule has 0 radical (unpaired) electrons. The van der Waals surface area contributed by atoms with Crippen LogP contribution in [0.4, 0.5) is 5.69 Å². The average Bonchev–Trinajstić information content (AvgIpc) is 3.16. The smallest absolute Gasteiger partial charge is 0.239 e. The number of furan rings is 1. The summed E-state index contributed by atoms with van der Waals surface area (Å²) in [6.07, 6.45) is 1.60. The number of carbonyl (C=O) groups excluding carboxylic acids is 1. The van der Waals surface area contributed by atoms with E-state index >= 15 is 0 Å². The van der Waals surface area contributed by atoms with Gasteiger partial charge in [0.15, 0.2) is 0 Å². The standard InChI is InChI=1S/C20H20N2O2/c1-15(19-8-5-13-24-19)22-20(23)14-21-18-11-9-17(10-12-18)16-6-3-2-4-7-16/h2-13,15,21H,14H2,1H3,(H,22,23). The van der Waals surface area contributed by atoms with Crippen LogP contribution >= 0.6 is 0 Å². The van der Waals surface area contributed by atoms with Crippen molar-refractivity contribution in [2.45, 2.75) is 13.0 Å². The van der Waals surface area contributed by atoms with E-state index in [0.717, 1.165) is 17.0 Å². The first kappa shape index (κ1) is 15.9. The van der Waals surface area contributed by atoms with Crippen LogP contribution in [0.15, 0.2) is 77.4 Å². The molecule has 0 spiro atoms. The molecule has 0 aliphatic rings. The van der Waals surface area contributed by atoms with Gasteiger partial charge in [0, 0.05) is 5.69 Å². The van der Waals surface area contributed by atoms with E-state index in [9.17, 15) is 4.79 Å². The summed E-state index contributed by atoms with van der Waals surface area (Å²) in [4.78, 5) is 12.0. The second kappa shape index (κ2) is 7.51. The highest BCUT2D eigenvalue weighted by atomic mass is 16.3. The number of hydrogen-bond acceptors (Lipinski definition) is 3. The minimum atomic E-state index is -0.144. The first-order valence-electron chi connectivity index (χ1n) is 7.94. The zero-order valence-corrected chi connectivity index (χ0v) is 13.5. The predicted octanol–water partition coefficient (Wildman–Crippen LogP) is 4.24. The monoisotopic (exact) mass is 320 g/mol. The highest BCUT2D eigenvalue weighted by molar-refractivity contribution is 5.81. The summed E-state index contributed by atoms with van der Waals surface area (Å²) in [7, 11) is 0. The van der Waals surface area contributed by atoms with Crippen molar-refractivity contribution in [3.63, 3.8) is 0 Å². The fourth-order valence-electron chi connectivity index (χ4n) is 2.49. The first-order valence-corrected chi connectivity index (χ1v) is 7.94. The third-order valence-corrected chi connectivity index (χ3v) is 3.79. The lowest BCUT2D eigenvalue weighted by Crippen LogP contribution is -2.31. The van der Waals surface area contributed by atoms with Gasteiger partial charge in [-0.05, 0) is 42.3 Å². The van der Waals surface area contributed by atoms with Gasteiger partial charge in [-0.15, -0.1) is 0 Å². The van der Waals surface area contributed by atoms with E-state index in [1.165, 1.54) is 5.56 Å². The van der Waals surface area contributed by atoms with Crippen LogP contribution in [0.3, 0.4) is 0 Å². The van der Waals surface area contributed by atoms with Crippen molar-refractivity contribution in [3.05, 3.63) is 78.8 Å².